The number of unbranched alkanes of at least 4 members (excludes halogenated alkanes) is 6. The molecule has 0 spiro atoms. The minimum absolute atomic E-state index is 0.000701. The predicted molar refractivity (Wildman–Crippen MR) is 133 cm³/mol. The van der Waals surface area contributed by atoms with Crippen LogP contribution < -0.4 is 9.47 Å². The molecule has 0 aliphatic rings. The second-order valence-electron chi connectivity index (χ2n) is 8.52. The van der Waals surface area contributed by atoms with Crippen LogP contribution in [0.5, 0.6) is 11.5 Å². The maximum atomic E-state index is 14.6. The first-order chi connectivity index (χ1) is 16.9. The number of carboxylic acids is 1. The largest absolute Gasteiger partial charge is 0.494 e. The topological polar surface area (TPSA) is 55.8 Å². The molecule has 0 saturated carbocycles. The summed E-state index contributed by atoms with van der Waals surface area (Å²) in [6, 6.07) is 18.4. The highest BCUT2D eigenvalue weighted by Gasteiger charge is 2.34. The fourth-order valence-corrected chi connectivity index (χ4v) is 3.72. The van der Waals surface area contributed by atoms with Gasteiger partial charge in [-0.2, -0.15) is 8.78 Å². The summed E-state index contributed by atoms with van der Waals surface area (Å²) in [6.07, 6.45) is 5.08. The van der Waals surface area contributed by atoms with Gasteiger partial charge in [-0.3, -0.25) is 0 Å². The molecule has 35 heavy (non-hydrogen) atoms. The van der Waals surface area contributed by atoms with Crippen molar-refractivity contribution in [3.8, 4) is 22.6 Å². The van der Waals surface area contributed by atoms with E-state index in [4.69, 9.17) is 14.6 Å². The summed E-state index contributed by atoms with van der Waals surface area (Å²) >= 11 is 0. The highest BCUT2D eigenvalue weighted by Crippen LogP contribution is 2.33. The number of halogens is 2. The summed E-state index contributed by atoms with van der Waals surface area (Å²) in [5.41, 5.74) is 1.40. The van der Waals surface area contributed by atoms with E-state index in [0.29, 0.717) is 6.61 Å². The molecule has 3 aromatic carbocycles. The van der Waals surface area contributed by atoms with Crippen LogP contribution in [-0.4, -0.2) is 17.7 Å². The van der Waals surface area contributed by atoms with Crippen LogP contribution in [0.4, 0.5) is 8.78 Å². The molecule has 6 heteroatoms. The van der Waals surface area contributed by atoms with Crippen molar-refractivity contribution in [2.24, 2.45) is 0 Å². The molecule has 0 aliphatic heterocycles. The van der Waals surface area contributed by atoms with E-state index >= 15 is 0 Å². The van der Waals surface area contributed by atoms with Crippen LogP contribution in [0.2, 0.25) is 0 Å². The smallest absolute Gasteiger partial charge is 0.426 e. The number of ether oxygens (including phenoxy) is 2. The Morgan fingerprint density at radius 2 is 1.26 bits per heavy atom. The van der Waals surface area contributed by atoms with Crippen molar-refractivity contribution in [2.75, 3.05) is 6.61 Å². The van der Waals surface area contributed by atoms with Crippen molar-refractivity contribution in [3.63, 3.8) is 0 Å². The van der Waals surface area contributed by atoms with Crippen LogP contribution >= 0.6 is 0 Å². The van der Waals surface area contributed by atoms with Crippen molar-refractivity contribution in [1.29, 1.82) is 0 Å². The van der Waals surface area contributed by atoms with E-state index in [2.05, 4.69) is 6.92 Å². The Morgan fingerprint density at radius 1 is 0.743 bits per heavy atom. The number of aromatic carboxylic acids is 1. The molecular weight excluding hydrogens is 450 g/mol. The fraction of sp³-hybridized carbons (Fsp3) is 0.345. The van der Waals surface area contributed by atoms with Crippen LogP contribution in [0.25, 0.3) is 11.1 Å². The van der Waals surface area contributed by atoms with Crippen molar-refractivity contribution < 1.29 is 28.2 Å². The highest BCUT2D eigenvalue weighted by atomic mass is 19.3. The Labute approximate surface area is 205 Å². The molecule has 0 heterocycles. The minimum atomic E-state index is -3.56. The predicted octanol–water partition coefficient (Wildman–Crippen LogP) is 8.31. The standard InChI is InChI=1S/C29H32F2O4/c1-2-3-4-5-6-7-8-21-34-26-17-11-23(12-18-26)22-9-15-25(16-10-22)29(30,31)35-27-19-13-24(14-20-27)28(32)33/h9-20H,2-8,21H2,1H3,(H,32,33). The molecular formula is C29H32F2O4. The maximum absolute atomic E-state index is 14.6. The molecule has 3 rings (SSSR count). The average molecular weight is 483 g/mol. The van der Waals surface area contributed by atoms with Gasteiger partial charge in [-0.05, 0) is 66.1 Å². The summed E-state index contributed by atoms with van der Waals surface area (Å²) < 4.78 is 39.8. The number of carbonyl (C=O) groups is 1. The quantitative estimate of drug-likeness (QED) is 0.235. The Morgan fingerprint density at radius 3 is 1.83 bits per heavy atom. The van der Waals surface area contributed by atoms with Crippen LogP contribution in [0.1, 0.15) is 67.8 Å². The average Bonchev–Trinajstić information content (AvgIpc) is 2.86. The van der Waals surface area contributed by atoms with Gasteiger partial charge >= 0.3 is 12.1 Å². The van der Waals surface area contributed by atoms with E-state index < -0.39 is 12.1 Å². The zero-order valence-corrected chi connectivity index (χ0v) is 20.0. The van der Waals surface area contributed by atoms with Gasteiger partial charge in [-0.15, -0.1) is 0 Å². The zero-order valence-electron chi connectivity index (χ0n) is 20.0. The first-order valence-corrected chi connectivity index (χ1v) is 12.1. The zero-order chi connectivity index (χ0) is 25.1. The van der Waals surface area contributed by atoms with Gasteiger partial charge < -0.3 is 14.6 Å². The van der Waals surface area contributed by atoms with Gasteiger partial charge in [0.05, 0.1) is 17.7 Å². The number of hydrogen-bond donors (Lipinski definition) is 1. The number of carboxylic acid groups (broad SMARTS) is 1. The molecule has 3 aromatic rings. The Hall–Kier alpha value is -3.41. The molecule has 0 unspecified atom stereocenters. The van der Waals surface area contributed by atoms with Gasteiger partial charge in [-0.1, -0.05) is 69.7 Å². The van der Waals surface area contributed by atoms with Gasteiger partial charge in [-0.25, -0.2) is 4.79 Å². The molecule has 1 N–H and O–H groups in total. The van der Waals surface area contributed by atoms with Gasteiger partial charge in [0.25, 0.3) is 0 Å². The number of alkyl halides is 2. The lowest BCUT2D eigenvalue weighted by atomic mass is 10.0. The van der Waals surface area contributed by atoms with E-state index in [1.807, 2.05) is 24.3 Å². The first kappa shape index (κ1) is 26.2. The summed E-state index contributed by atoms with van der Waals surface area (Å²) in [5, 5.41) is 8.91. The van der Waals surface area contributed by atoms with Crippen molar-refractivity contribution >= 4 is 5.97 Å². The van der Waals surface area contributed by atoms with E-state index in [0.717, 1.165) is 23.3 Å². The second-order valence-corrected chi connectivity index (χ2v) is 8.52. The van der Waals surface area contributed by atoms with Gasteiger partial charge in [0.1, 0.15) is 11.5 Å². The van der Waals surface area contributed by atoms with Gasteiger partial charge in [0, 0.05) is 0 Å². The fourth-order valence-electron chi connectivity index (χ4n) is 3.72. The molecule has 0 aliphatic carbocycles. The SMILES string of the molecule is CCCCCCCCCOc1ccc(-c2ccc(C(F)(F)Oc3ccc(C(=O)O)cc3)cc2)cc1. The van der Waals surface area contributed by atoms with Crippen molar-refractivity contribution in [3.05, 3.63) is 83.9 Å². The monoisotopic (exact) mass is 482 g/mol. The lowest BCUT2D eigenvalue weighted by Gasteiger charge is -2.18. The molecule has 0 saturated heterocycles. The summed E-state index contributed by atoms with van der Waals surface area (Å²) in [7, 11) is 0. The minimum Gasteiger partial charge on any atom is -0.494 e. The van der Waals surface area contributed by atoms with Crippen LogP contribution in [-0.2, 0) is 6.11 Å². The third kappa shape index (κ3) is 8.09. The van der Waals surface area contributed by atoms with Crippen molar-refractivity contribution in [1.82, 2.24) is 0 Å². The summed E-state index contributed by atoms with van der Waals surface area (Å²) in [4.78, 5) is 10.9. The lowest BCUT2D eigenvalue weighted by Crippen LogP contribution is -2.21. The molecule has 0 amide bonds. The molecule has 0 fully saturated rings. The third-order valence-corrected chi connectivity index (χ3v) is 5.77. The molecule has 0 radical (unpaired) electrons. The molecule has 0 aromatic heterocycles. The van der Waals surface area contributed by atoms with Gasteiger partial charge in [0.2, 0.25) is 0 Å². The van der Waals surface area contributed by atoms with Crippen LogP contribution in [0, 0.1) is 0 Å². The molecule has 0 bridgehead atoms. The van der Waals surface area contributed by atoms with Crippen LogP contribution in [0.15, 0.2) is 72.8 Å². The number of benzene rings is 3. The third-order valence-electron chi connectivity index (χ3n) is 5.77. The lowest BCUT2D eigenvalue weighted by molar-refractivity contribution is -0.185. The van der Waals surface area contributed by atoms with Crippen LogP contribution in [0.3, 0.4) is 0 Å². The maximum Gasteiger partial charge on any atom is 0.426 e. The number of hydrogen-bond acceptors (Lipinski definition) is 3. The van der Waals surface area contributed by atoms with E-state index in [9.17, 15) is 13.6 Å². The second kappa shape index (κ2) is 12.9. The van der Waals surface area contributed by atoms with E-state index in [1.54, 1.807) is 12.1 Å². The summed E-state index contributed by atoms with van der Waals surface area (Å²) in [6.45, 7) is 2.91. The van der Waals surface area contributed by atoms with E-state index in [1.165, 1.54) is 74.9 Å². The molecule has 186 valence electrons. The first-order valence-electron chi connectivity index (χ1n) is 12.1. The Bertz CT molecular complexity index is 1050. The molecule has 4 nitrogen and oxygen atoms in total. The van der Waals surface area contributed by atoms with Crippen molar-refractivity contribution in [2.45, 2.75) is 58.0 Å². The normalized spacial score (nSPS) is 11.3. The summed E-state index contributed by atoms with van der Waals surface area (Å²) in [5.74, 6) is -0.451. The molecule has 0 atom stereocenters. The Kier molecular flexibility index (Phi) is 9.65. The van der Waals surface area contributed by atoms with E-state index in [-0.39, 0.29) is 16.9 Å². The highest BCUT2D eigenvalue weighted by molar-refractivity contribution is 5.87. The van der Waals surface area contributed by atoms with Gasteiger partial charge in [0.15, 0.2) is 0 Å². The number of rotatable bonds is 14. The Balaban J connectivity index is 1.51.